The number of hydrogen-bond acceptors (Lipinski definition) is 4. The number of aromatic hydroxyl groups is 1. The lowest BCUT2D eigenvalue weighted by molar-refractivity contribution is -0.120. The van der Waals surface area contributed by atoms with E-state index in [2.05, 4.69) is 5.32 Å². The molecule has 0 aliphatic carbocycles. The highest BCUT2D eigenvalue weighted by atomic mass is 35.5. The van der Waals surface area contributed by atoms with Gasteiger partial charge in [0.1, 0.15) is 5.75 Å². The van der Waals surface area contributed by atoms with E-state index in [0.717, 1.165) is 5.56 Å². The first-order valence-corrected chi connectivity index (χ1v) is 9.74. The van der Waals surface area contributed by atoms with Gasteiger partial charge in [0.15, 0.2) is 0 Å². The van der Waals surface area contributed by atoms with Gasteiger partial charge in [0, 0.05) is 41.7 Å². The fourth-order valence-corrected chi connectivity index (χ4v) is 3.39. The summed E-state index contributed by atoms with van der Waals surface area (Å²) in [6.45, 7) is 0.352. The number of hydrogen-bond donors (Lipinski definition) is 3. The number of carbonyl (C=O) groups excluding carboxylic acids is 1. The summed E-state index contributed by atoms with van der Waals surface area (Å²) in [7, 11) is 1.64. The van der Waals surface area contributed by atoms with Crippen molar-refractivity contribution in [3.63, 3.8) is 0 Å². The van der Waals surface area contributed by atoms with E-state index in [1.54, 1.807) is 37.4 Å². The first kappa shape index (κ1) is 20.9. The third kappa shape index (κ3) is 4.78. The molecule has 0 saturated heterocycles. The summed E-state index contributed by atoms with van der Waals surface area (Å²) in [4.78, 5) is 24.8. The molecule has 0 aliphatic heterocycles. The second kappa shape index (κ2) is 9.11. The van der Waals surface area contributed by atoms with Gasteiger partial charge in [0.2, 0.25) is 5.91 Å². The maximum absolute atomic E-state index is 12.4. The van der Waals surface area contributed by atoms with Gasteiger partial charge in [-0.05, 0) is 42.7 Å². The Balaban J connectivity index is 1.81. The van der Waals surface area contributed by atoms with Gasteiger partial charge in [-0.1, -0.05) is 29.8 Å². The van der Waals surface area contributed by atoms with Crippen LogP contribution in [0.5, 0.6) is 5.75 Å². The molecule has 3 rings (SSSR count). The lowest BCUT2D eigenvalue weighted by Crippen LogP contribution is -2.25. The molecule has 0 fully saturated rings. The highest BCUT2D eigenvalue weighted by Crippen LogP contribution is 2.29. The number of nitrogens with zero attached hydrogens (tertiary/aromatic N) is 1. The number of phenols is 1. The third-order valence-corrected chi connectivity index (χ3v) is 5.15. The zero-order valence-corrected chi connectivity index (χ0v) is 16.9. The summed E-state index contributed by atoms with van der Waals surface area (Å²) in [5.74, 6) is -0.232. The van der Waals surface area contributed by atoms with Crippen LogP contribution in [0.15, 0.2) is 47.3 Å². The minimum atomic E-state index is -0.222. The quantitative estimate of drug-likeness (QED) is 0.554. The summed E-state index contributed by atoms with van der Waals surface area (Å²) in [5, 5.41) is 23.7. The van der Waals surface area contributed by atoms with Crippen molar-refractivity contribution in [2.75, 3.05) is 6.61 Å². The zero-order chi connectivity index (χ0) is 21.0. The van der Waals surface area contributed by atoms with Crippen molar-refractivity contribution in [2.24, 2.45) is 7.05 Å². The third-order valence-electron chi connectivity index (χ3n) is 4.90. The Hall–Kier alpha value is -2.83. The molecule has 152 valence electrons. The predicted molar refractivity (Wildman–Crippen MR) is 113 cm³/mol. The lowest BCUT2D eigenvalue weighted by Gasteiger charge is -2.13. The molecule has 1 aromatic heterocycles. The number of halogens is 1. The number of carbonyl (C=O) groups is 1. The van der Waals surface area contributed by atoms with Gasteiger partial charge in [0.05, 0.1) is 11.9 Å². The Morgan fingerprint density at radius 2 is 1.86 bits per heavy atom. The monoisotopic (exact) mass is 414 g/mol. The van der Waals surface area contributed by atoms with Gasteiger partial charge in [-0.25, -0.2) is 0 Å². The molecule has 6 nitrogen and oxygen atoms in total. The van der Waals surface area contributed by atoms with E-state index in [1.807, 2.05) is 12.1 Å². The number of aromatic nitrogens is 1. The Labute approximate surface area is 173 Å². The molecule has 3 aromatic rings. The molecule has 0 radical (unpaired) electrons. The normalized spacial score (nSPS) is 11.0. The molecule has 0 bridgehead atoms. The number of phenolic OH excluding ortho intramolecular Hbond substituents is 1. The molecule has 2 aromatic carbocycles. The van der Waals surface area contributed by atoms with Crippen molar-refractivity contribution in [3.05, 3.63) is 74.5 Å². The van der Waals surface area contributed by atoms with Gasteiger partial charge >= 0.3 is 0 Å². The SMILES string of the molecule is Cn1c(=O)c(CCCO)cc2c(O)c(CC(=O)NCc3ccc(Cl)cc3)ccc21. The van der Waals surface area contributed by atoms with Gasteiger partial charge in [-0.3, -0.25) is 9.59 Å². The van der Waals surface area contributed by atoms with E-state index in [1.165, 1.54) is 4.57 Å². The lowest BCUT2D eigenvalue weighted by atomic mass is 10.0. The van der Waals surface area contributed by atoms with Crippen LogP contribution in [0, 0.1) is 0 Å². The van der Waals surface area contributed by atoms with Crippen LogP contribution >= 0.6 is 11.6 Å². The average molecular weight is 415 g/mol. The smallest absolute Gasteiger partial charge is 0.253 e. The van der Waals surface area contributed by atoms with Gasteiger partial charge in [-0.2, -0.15) is 0 Å². The summed E-state index contributed by atoms with van der Waals surface area (Å²) in [5.41, 5.74) is 2.37. The number of nitrogens with one attached hydrogen (secondary N) is 1. The first-order valence-electron chi connectivity index (χ1n) is 9.36. The van der Waals surface area contributed by atoms with Crippen molar-refractivity contribution < 1.29 is 15.0 Å². The van der Waals surface area contributed by atoms with Gasteiger partial charge in [-0.15, -0.1) is 0 Å². The van der Waals surface area contributed by atoms with E-state index in [9.17, 15) is 14.7 Å². The zero-order valence-electron chi connectivity index (χ0n) is 16.1. The largest absolute Gasteiger partial charge is 0.507 e. The van der Waals surface area contributed by atoms with Crippen LogP contribution in [0.25, 0.3) is 10.9 Å². The Kier molecular flexibility index (Phi) is 6.56. The summed E-state index contributed by atoms with van der Waals surface area (Å²) < 4.78 is 1.48. The van der Waals surface area contributed by atoms with Crippen molar-refractivity contribution >= 4 is 28.4 Å². The van der Waals surface area contributed by atoms with E-state index in [4.69, 9.17) is 16.7 Å². The van der Waals surface area contributed by atoms with Crippen molar-refractivity contribution in [2.45, 2.75) is 25.8 Å². The second-order valence-electron chi connectivity index (χ2n) is 6.95. The molecule has 0 saturated carbocycles. The summed E-state index contributed by atoms with van der Waals surface area (Å²) in [6, 6.07) is 12.2. The molecule has 0 unspecified atom stereocenters. The van der Waals surface area contributed by atoms with Crippen LogP contribution in [0.3, 0.4) is 0 Å². The van der Waals surface area contributed by atoms with Crippen LogP contribution in [-0.4, -0.2) is 27.3 Å². The summed E-state index contributed by atoms with van der Waals surface area (Å²) in [6.07, 6.45) is 0.906. The predicted octanol–water partition coefficient (Wildman–Crippen LogP) is 2.68. The molecule has 1 amide bonds. The maximum atomic E-state index is 12.4. The van der Waals surface area contributed by atoms with Crippen LogP contribution < -0.4 is 10.9 Å². The fourth-order valence-electron chi connectivity index (χ4n) is 3.27. The van der Waals surface area contributed by atoms with Crippen molar-refractivity contribution in [3.8, 4) is 5.75 Å². The molecular formula is C22H23ClN2O4. The molecular weight excluding hydrogens is 392 g/mol. The highest BCUT2D eigenvalue weighted by molar-refractivity contribution is 6.30. The topological polar surface area (TPSA) is 91.6 Å². The van der Waals surface area contributed by atoms with Crippen LogP contribution in [0.1, 0.15) is 23.1 Å². The molecule has 0 atom stereocenters. The number of aliphatic hydroxyl groups is 1. The van der Waals surface area contributed by atoms with Crippen LogP contribution in [-0.2, 0) is 31.2 Å². The van der Waals surface area contributed by atoms with E-state index < -0.39 is 0 Å². The molecule has 0 spiro atoms. The molecule has 7 heteroatoms. The van der Waals surface area contributed by atoms with E-state index in [0.29, 0.717) is 46.4 Å². The number of amides is 1. The number of aryl methyl sites for hydroxylation is 2. The molecule has 0 aliphatic rings. The summed E-state index contributed by atoms with van der Waals surface area (Å²) >= 11 is 5.86. The van der Waals surface area contributed by atoms with Crippen molar-refractivity contribution in [1.82, 2.24) is 9.88 Å². The minimum Gasteiger partial charge on any atom is -0.507 e. The van der Waals surface area contributed by atoms with Gasteiger partial charge in [0.25, 0.3) is 5.56 Å². The number of fused-ring (bicyclic) bond motifs is 1. The molecule has 1 heterocycles. The second-order valence-corrected chi connectivity index (χ2v) is 7.38. The standard InChI is InChI=1S/C22H23ClN2O4/c1-25-19-9-6-15(12-20(27)24-13-14-4-7-17(23)8-5-14)21(28)18(19)11-16(22(25)29)3-2-10-26/h4-9,11,26,28H,2-3,10,12-13H2,1H3,(H,24,27). The maximum Gasteiger partial charge on any atom is 0.253 e. The molecule has 3 N–H and O–H groups in total. The van der Waals surface area contributed by atoms with E-state index >= 15 is 0 Å². The highest BCUT2D eigenvalue weighted by Gasteiger charge is 2.14. The number of benzene rings is 2. The average Bonchev–Trinajstić information content (AvgIpc) is 2.71. The van der Waals surface area contributed by atoms with Crippen LogP contribution in [0.2, 0.25) is 5.02 Å². The van der Waals surface area contributed by atoms with Gasteiger partial charge < -0.3 is 20.1 Å². The Bertz CT molecular complexity index is 1090. The van der Waals surface area contributed by atoms with Crippen molar-refractivity contribution in [1.29, 1.82) is 0 Å². The Morgan fingerprint density at radius 1 is 1.14 bits per heavy atom. The number of aliphatic hydroxyl groups excluding tert-OH is 1. The number of pyridine rings is 1. The Morgan fingerprint density at radius 3 is 2.55 bits per heavy atom. The fraction of sp³-hybridized carbons (Fsp3) is 0.273. The first-order chi connectivity index (χ1) is 13.9. The molecule has 29 heavy (non-hydrogen) atoms. The minimum absolute atomic E-state index is 0.00927. The van der Waals surface area contributed by atoms with E-state index in [-0.39, 0.29) is 30.2 Å². The van der Waals surface area contributed by atoms with Crippen LogP contribution in [0.4, 0.5) is 0 Å². The number of rotatable bonds is 7.